The Bertz CT molecular complexity index is 536. The molecule has 0 aliphatic carbocycles. The van der Waals surface area contributed by atoms with Crippen LogP contribution in [0.3, 0.4) is 0 Å². The van der Waals surface area contributed by atoms with Crippen LogP contribution in [0, 0.1) is 6.92 Å². The summed E-state index contributed by atoms with van der Waals surface area (Å²) in [7, 11) is 2.01. The van der Waals surface area contributed by atoms with Crippen molar-refractivity contribution in [2.24, 2.45) is 0 Å². The Morgan fingerprint density at radius 1 is 1.28 bits per heavy atom. The molecule has 1 nitrogen and oxygen atoms in total. The first-order valence-corrected chi connectivity index (χ1v) is 8.23. The van der Waals surface area contributed by atoms with Crippen LogP contribution in [-0.2, 0) is 6.42 Å². The fourth-order valence-electron chi connectivity index (χ4n) is 1.94. The van der Waals surface area contributed by atoms with Crippen molar-refractivity contribution in [1.82, 2.24) is 5.32 Å². The summed E-state index contributed by atoms with van der Waals surface area (Å²) in [5.41, 5.74) is 2.59. The van der Waals surface area contributed by atoms with Crippen molar-refractivity contribution in [2.75, 3.05) is 7.05 Å². The van der Waals surface area contributed by atoms with Gasteiger partial charge >= 0.3 is 0 Å². The lowest BCUT2D eigenvalue weighted by atomic mass is 10.0. The molecular weight excluding hydrogens is 374 g/mol. The molecule has 0 radical (unpaired) electrons. The number of hydrogen-bond acceptors (Lipinski definition) is 2. The Morgan fingerprint density at radius 2 is 2.06 bits per heavy atom. The number of likely N-dealkylation sites (N-methyl/N-ethyl adjacent to an activating group) is 1. The van der Waals surface area contributed by atoms with Gasteiger partial charge in [0.15, 0.2) is 0 Å². The Balaban J connectivity index is 2.22. The van der Waals surface area contributed by atoms with Crippen LogP contribution in [0.1, 0.15) is 22.0 Å². The number of thiophene rings is 1. The molecule has 0 bridgehead atoms. The second-order valence-corrected chi connectivity index (χ2v) is 7.07. The lowest BCUT2D eigenvalue weighted by molar-refractivity contribution is 0.594. The minimum Gasteiger partial charge on any atom is -0.313 e. The monoisotopic (exact) mass is 387 g/mol. The summed E-state index contributed by atoms with van der Waals surface area (Å²) in [6.45, 7) is 2.11. The molecule has 0 saturated heterocycles. The van der Waals surface area contributed by atoms with Gasteiger partial charge in [-0.1, -0.05) is 28.1 Å². The second-order valence-electron chi connectivity index (χ2n) is 4.30. The molecule has 2 rings (SSSR count). The quantitative estimate of drug-likeness (QED) is 0.769. The third kappa shape index (κ3) is 3.44. The summed E-state index contributed by atoms with van der Waals surface area (Å²) in [5, 5.41) is 5.53. The maximum atomic E-state index is 3.66. The van der Waals surface area contributed by atoms with Gasteiger partial charge in [-0.3, -0.25) is 0 Å². The van der Waals surface area contributed by atoms with Gasteiger partial charge in [0.1, 0.15) is 0 Å². The minimum atomic E-state index is 0.338. The molecule has 0 aliphatic heterocycles. The van der Waals surface area contributed by atoms with Crippen molar-refractivity contribution in [3.05, 3.63) is 54.6 Å². The Labute approximate surface area is 129 Å². The Kier molecular flexibility index (Phi) is 5.01. The predicted octanol–water partition coefficient (Wildman–Crippen LogP) is 5.08. The van der Waals surface area contributed by atoms with Gasteiger partial charge in [0, 0.05) is 31.7 Å². The van der Waals surface area contributed by atoms with Crippen LogP contribution >= 0.6 is 43.2 Å². The third-order valence-corrected chi connectivity index (χ3v) is 5.31. The molecule has 4 heteroatoms. The fourth-order valence-corrected chi connectivity index (χ4v) is 4.21. The van der Waals surface area contributed by atoms with Gasteiger partial charge in [-0.05, 0) is 53.2 Å². The van der Waals surface area contributed by atoms with Crippen LogP contribution in [-0.4, -0.2) is 7.05 Å². The first-order chi connectivity index (χ1) is 8.60. The largest absolute Gasteiger partial charge is 0.313 e. The van der Waals surface area contributed by atoms with Gasteiger partial charge in [-0.2, -0.15) is 0 Å². The maximum absolute atomic E-state index is 3.66. The van der Waals surface area contributed by atoms with E-state index in [1.54, 1.807) is 11.3 Å². The standard InChI is InChI=1S/C14H15Br2NS/c1-9-3-4-12(13(16)5-9)14(17-2)7-11-6-10(15)8-18-11/h3-6,8,14,17H,7H2,1-2H3. The van der Waals surface area contributed by atoms with Crippen LogP contribution in [0.15, 0.2) is 38.6 Å². The number of benzene rings is 1. The van der Waals surface area contributed by atoms with E-state index in [0.29, 0.717) is 6.04 Å². The highest BCUT2D eigenvalue weighted by Gasteiger charge is 2.14. The van der Waals surface area contributed by atoms with Crippen LogP contribution in [0.25, 0.3) is 0 Å². The zero-order chi connectivity index (χ0) is 13.1. The van der Waals surface area contributed by atoms with Crippen LogP contribution in [0.4, 0.5) is 0 Å². The van der Waals surface area contributed by atoms with E-state index >= 15 is 0 Å². The van der Waals surface area contributed by atoms with Crippen molar-refractivity contribution in [2.45, 2.75) is 19.4 Å². The molecule has 1 aromatic carbocycles. The number of rotatable bonds is 4. The highest BCUT2D eigenvalue weighted by atomic mass is 79.9. The number of hydrogen-bond donors (Lipinski definition) is 1. The predicted molar refractivity (Wildman–Crippen MR) is 86.4 cm³/mol. The molecule has 0 saturated carbocycles. The summed E-state index contributed by atoms with van der Waals surface area (Å²) in [4.78, 5) is 1.38. The van der Waals surface area contributed by atoms with Crippen molar-refractivity contribution in [1.29, 1.82) is 0 Å². The summed E-state index contributed by atoms with van der Waals surface area (Å²) in [6, 6.07) is 9.06. The van der Waals surface area contributed by atoms with E-state index in [9.17, 15) is 0 Å². The molecule has 1 heterocycles. The second kappa shape index (κ2) is 6.33. The molecule has 2 aromatic rings. The fraction of sp³-hybridized carbons (Fsp3) is 0.286. The molecule has 1 aromatic heterocycles. The van der Waals surface area contributed by atoms with Crippen LogP contribution < -0.4 is 5.32 Å². The molecule has 1 N–H and O–H groups in total. The average Bonchev–Trinajstić information content (AvgIpc) is 2.72. The smallest absolute Gasteiger partial charge is 0.0377 e. The van der Waals surface area contributed by atoms with Crippen molar-refractivity contribution < 1.29 is 0 Å². The van der Waals surface area contributed by atoms with Gasteiger partial charge < -0.3 is 5.32 Å². The van der Waals surface area contributed by atoms with Gasteiger partial charge in [0.2, 0.25) is 0 Å². The van der Waals surface area contributed by atoms with E-state index < -0.39 is 0 Å². The molecule has 1 unspecified atom stereocenters. The SMILES string of the molecule is CNC(Cc1cc(Br)cs1)c1ccc(C)cc1Br. The Morgan fingerprint density at radius 3 is 2.61 bits per heavy atom. The summed E-state index contributed by atoms with van der Waals surface area (Å²) in [6.07, 6.45) is 1.01. The minimum absolute atomic E-state index is 0.338. The first-order valence-electron chi connectivity index (χ1n) is 5.76. The van der Waals surface area contributed by atoms with Gasteiger partial charge in [0.05, 0.1) is 0 Å². The number of nitrogens with one attached hydrogen (secondary N) is 1. The molecule has 0 fully saturated rings. The van der Waals surface area contributed by atoms with E-state index in [1.165, 1.54) is 24.9 Å². The summed E-state index contributed by atoms with van der Waals surface area (Å²) < 4.78 is 2.35. The van der Waals surface area contributed by atoms with Gasteiger partial charge in [-0.15, -0.1) is 11.3 Å². The number of aryl methyl sites for hydroxylation is 1. The lowest BCUT2D eigenvalue weighted by Crippen LogP contribution is -2.18. The van der Waals surface area contributed by atoms with Gasteiger partial charge in [0.25, 0.3) is 0 Å². The number of halogens is 2. The molecular formula is C14H15Br2NS. The lowest BCUT2D eigenvalue weighted by Gasteiger charge is -2.17. The van der Waals surface area contributed by atoms with E-state index in [4.69, 9.17) is 0 Å². The van der Waals surface area contributed by atoms with Crippen molar-refractivity contribution >= 4 is 43.2 Å². The highest BCUT2D eigenvalue weighted by Crippen LogP contribution is 2.29. The summed E-state index contributed by atoms with van der Waals surface area (Å²) in [5.74, 6) is 0. The maximum Gasteiger partial charge on any atom is 0.0377 e. The highest BCUT2D eigenvalue weighted by molar-refractivity contribution is 9.10. The normalized spacial score (nSPS) is 12.7. The molecule has 1 atom stereocenters. The topological polar surface area (TPSA) is 12.0 Å². The van der Waals surface area contributed by atoms with Crippen molar-refractivity contribution in [3.8, 4) is 0 Å². The van der Waals surface area contributed by atoms with Crippen LogP contribution in [0.5, 0.6) is 0 Å². The summed E-state index contributed by atoms with van der Waals surface area (Å²) >= 11 is 8.96. The van der Waals surface area contributed by atoms with E-state index in [-0.39, 0.29) is 0 Å². The molecule has 0 spiro atoms. The van der Waals surface area contributed by atoms with E-state index in [2.05, 4.69) is 73.7 Å². The van der Waals surface area contributed by atoms with Gasteiger partial charge in [-0.25, -0.2) is 0 Å². The molecule has 18 heavy (non-hydrogen) atoms. The van der Waals surface area contributed by atoms with Crippen LogP contribution in [0.2, 0.25) is 0 Å². The van der Waals surface area contributed by atoms with E-state index in [0.717, 1.165) is 6.42 Å². The molecule has 0 aliphatic rings. The van der Waals surface area contributed by atoms with E-state index in [1.807, 2.05) is 7.05 Å². The average molecular weight is 389 g/mol. The molecule has 0 amide bonds. The zero-order valence-electron chi connectivity index (χ0n) is 10.3. The molecule has 96 valence electrons. The third-order valence-electron chi connectivity index (χ3n) is 2.91. The van der Waals surface area contributed by atoms with Crippen molar-refractivity contribution in [3.63, 3.8) is 0 Å². The zero-order valence-corrected chi connectivity index (χ0v) is 14.3. The Hall–Kier alpha value is -0.160. The first kappa shape index (κ1) is 14.3.